The minimum absolute atomic E-state index is 0.105. The lowest BCUT2D eigenvalue weighted by molar-refractivity contribution is 0.271. The molecular formula is C18H19N3O2S. The molecule has 0 saturated carbocycles. The zero-order valence-corrected chi connectivity index (χ0v) is 14.4. The van der Waals surface area contributed by atoms with E-state index in [4.69, 9.17) is 9.72 Å². The molecule has 3 heterocycles. The maximum Gasteiger partial charge on any atom is 0.271 e. The van der Waals surface area contributed by atoms with Gasteiger partial charge in [-0.05, 0) is 29.1 Å². The Balaban J connectivity index is 1.56. The Bertz CT molecular complexity index is 931. The smallest absolute Gasteiger partial charge is 0.271 e. The molecule has 0 N–H and O–H groups in total. The van der Waals surface area contributed by atoms with Gasteiger partial charge in [-0.2, -0.15) is 0 Å². The Hall–Kier alpha value is -2.18. The average Bonchev–Trinajstić information content (AvgIpc) is 2.98. The van der Waals surface area contributed by atoms with E-state index in [0.717, 1.165) is 47.8 Å². The fourth-order valence-corrected chi connectivity index (χ4v) is 3.99. The molecule has 124 valence electrons. The Morgan fingerprint density at radius 1 is 1.25 bits per heavy atom. The van der Waals surface area contributed by atoms with Gasteiger partial charge in [-0.1, -0.05) is 12.1 Å². The number of hydrogen-bond donors (Lipinski definition) is 0. The van der Waals surface area contributed by atoms with Gasteiger partial charge >= 0.3 is 0 Å². The maximum absolute atomic E-state index is 12.6. The van der Waals surface area contributed by atoms with E-state index in [1.807, 2.05) is 28.1 Å². The lowest BCUT2D eigenvalue weighted by atomic mass is 10.2. The van der Waals surface area contributed by atoms with Crippen molar-refractivity contribution in [2.45, 2.75) is 19.5 Å². The summed E-state index contributed by atoms with van der Waals surface area (Å²) in [5.41, 5.74) is 2.16. The lowest BCUT2D eigenvalue weighted by Crippen LogP contribution is -2.28. The summed E-state index contributed by atoms with van der Waals surface area (Å²) >= 11 is 1.48. The number of nitrogens with zero attached hydrogens (tertiary/aromatic N) is 3. The van der Waals surface area contributed by atoms with Crippen LogP contribution in [-0.4, -0.2) is 34.7 Å². The molecule has 2 aromatic heterocycles. The fraction of sp³-hybridized carbons (Fsp3) is 0.333. The Kier molecular flexibility index (Phi) is 4.08. The number of rotatable bonds is 3. The van der Waals surface area contributed by atoms with Crippen molar-refractivity contribution < 1.29 is 4.74 Å². The summed E-state index contributed by atoms with van der Waals surface area (Å²) in [7, 11) is 1.69. The third-order valence-corrected chi connectivity index (χ3v) is 5.37. The van der Waals surface area contributed by atoms with Crippen LogP contribution in [0.5, 0.6) is 5.75 Å². The molecule has 0 fully saturated rings. The first-order valence-corrected chi connectivity index (χ1v) is 8.95. The van der Waals surface area contributed by atoms with Crippen LogP contribution >= 0.6 is 11.3 Å². The molecule has 0 saturated heterocycles. The van der Waals surface area contributed by atoms with Gasteiger partial charge in [-0.3, -0.25) is 14.3 Å². The number of fused-ring (bicyclic) bond motifs is 2. The second kappa shape index (κ2) is 6.37. The summed E-state index contributed by atoms with van der Waals surface area (Å²) in [6.45, 7) is 3.30. The predicted octanol–water partition coefficient (Wildman–Crippen LogP) is 2.52. The third-order valence-electron chi connectivity index (χ3n) is 4.48. The van der Waals surface area contributed by atoms with Crippen molar-refractivity contribution in [2.24, 2.45) is 0 Å². The van der Waals surface area contributed by atoms with E-state index in [0.29, 0.717) is 6.54 Å². The predicted molar refractivity (Wildman–Crippen MR) is 95.9 cm³/mol. The van der Waals surface area contributed by atoms with Crippen molar-refractivity contribution in [1.82, 2.24) is 14.5 Å². The normalized spacial score (nSPS) is 15.2. The van der Waals surface area contributed by atoms with Gasteiger partial charge < -0.3 is 4.74 Å². The van der Waals surface area contributed by atoms with E-state index >= 15 is 0 Å². The first-order valence-electron chi connectivity index (χ1n) is 8.07. The van der Waals surface area contributed by atoms with E-state index < -0.39 is 0 Å². The molecule has 0 unspecified atom stereocenters. The van der Waals surface area contributed by atoms with Crippen LogP contribution in [0.3, 0.4) is 0 Å². The molecule has 3 aromatic rings. The minimum atomic E-state index is 0.105. The quantitative estimate of drug-likeness (QED) is 0.734. The molecule has 4 rings (SSSR count). The van der Waals surface area contributed by atoms with Gasteiger partial charge in [0.1, 0.15) is 16.3 Å². The summed E-state index contributed by atoms with van der Waals surface area (Å²) in [5, 5.41) is 1.94. The Labute approximate surface area is 144 Å². The highest BCUT2D eigenvalue weighted by atomic mass is 32.1. The van der Waals surface area contributed by atoms with E-state index in [1.54, 1.807) is 7.11 Å². The molecule has 0 spiro atoms. The molecule has 6 heteroatoms. The van der Waals surface area contributed by atoms with Crippen LogP contribution in [0.1, 0.15) is 11.4 Å². The van der Waals surface area contributed by atoms with Crippen molar-refractivity contribution in [3.05, 3.63) is 57.5 Å². The monoisotopic (exact) mass is 341 g/mol. The second-order valence-electron chi connectivity index (χ2n) is 6.00. The molecule has 0 aliphatic carbocycles. The molecule has 5 nitrogen and oxygen atoms in total. The van der Waals surface area contributed by atoms with Crippen molar-refractivity contribution in [1.29, 1.82) is 0 Å². The first-order chi connectivity index (χ1) is 11.7. The molecule has 0 radical (unpaired) electrons. The Morgan fingerprint density at radius 3 is 3.04 bits per heavy atom. The van der Waals surface area contributed by atoms with Gasteiger partial charge in [0.25, 0.3) is 5.56 Å². The summed E-state index contributed by atoms with van der Waals surface area (Å²) in [6, 6.07) is 10.1. The van der Waals surface area contributed by atoms with Gasteiger partial charge in [0.05, 0.1) is 12.6 Å². The van der Waals surface area contributed by atoms with Crippen molar-refractivity contribution in [2.75, 3.05) is 20.2 Å². The number of thiophene rings is 1. The summed E-state index contributed by atoms with van der Waals surface area (Å²) in [6.07, 6.45) is 0.797. The number of ether oxygens (including phenoxy) is 1. The number of methoxy groups -OCH3 is 1. The van der Waals surface area contributed by atoms with E-state index in [9.17, 15) is 4.79 Å². The van der Waals surface area contributed by atoms with Crippen molar-refractivity contribution in [3.63, 3.8) is 0 Å². The SMILES string of the molecule is COc1cccc(CN2CCc3nc4ccsc4c(=O)n3CC2)c1. The molecule has 1 aliphatic heterocycles. The number of benzene rings is 1. The summed E-state index contributed by atoms with van der Waals surface area (Å²) in [5.74, 6) is 1.78. The van der Waals surface area contributed by atoms with E-state index in [2.05, 4.69) is 17.0 Å². The summed E-state index contributed by atoms with van der Waals surface area (Å²) in [4.78, 5) is 19.7. The molecule has 24 heavy (non-hydrogen) atoms. The standard InChI is InChI=1S/C18H19N3O2S/c1-23-14-4-2-3-13(11-14)12-20-7-5-16-19-15-6-10-24-17(15)18(22)21(16)9-8-20/h2-4,6,10-11H,5,7-9,12H2,1H3. The minimum Gasteiger partial charge on any atom is -0.497 e. The second-order valence-corrected chi connectivity index (χ2v) is 6.91. The van der Waals surface area contributed by atoms with E-state index in [1.165, 1.54) is 16.9 Å². The highest BCUT2D eigenvalue weighted by molar-refractivity contribution is 7.17. The highest BCUT2D eigenvalue weighted by Gasteiger charge is 2.18. The fourth-order valence-electron chi connectivity index (χ4n) is 3.21. The van der Waals surface area contributed by atoms with Crippen molar-refractivity contribution >= 4 is 21.6 Å². The number of hydrogen-bond acceptors (Lipinski definition) is 5. The van der Waals surface area contributed by atoms with Crippen LogP contribution in [0.4, 0.5) is 0 Å². The van der Waals surface area contributed by atoms with Gasteiger partial charge in [0.2, 0.25) is 0 Å². The van der Waals surface area contributed by atoms with Crippen LogP contribution in [0.25, 0.3) is 10.2 Å². The Morgan fingerprint density at radius 2 is 2.17 bits per heavy atom. The van der Waals surface area contributed by atoms with Crippen molar-refractivity contribution in [3.8, 4) is 5.75 Å². The molecule has 0 bridgehead atoms. The zero-order chi connectivity index (χ0) is 16.5. The van der Waals surface area contributed by atoms with Crippen LogP contribution < -0.4 is 10.3 Å². The van der Waals surface area contributed by atoms with Crippen LogP contribution in [-0.2, 0) is 19.5 Å². The average molecular weight is 341 g/mol. The highest BCUT2D eigenvalue weighted by Crippen LogP contribution is 2.18. The van der Waals surface area contributed by atoms with Crippen LogP contribution in [0, 0.1) is 0 Å². The molecular weight excluding hydrogens is 322 g/mol. The zero-order valence-electron chi connectivity index (χ0n) is 13.6. The molecule has 1 aromatic carbocycles. The van der Waals surface area contributed by atoms with Gasteiger partial charge in [0.15, 0.2) is 0 Å². The molecule has 0 atom stereocenters. The first kappa shape index (κ1) is 15.4. The summed E-state index contributed by atoms with van der Waals surface area (Å²) < 4.78 is 7.91. The van der Waals surface area contributed by atoms with Crippen LogP contribution in [0.2, 0.25) is 0 Å². The topological polar surface area (TPSA) is 47.4 Å². The van der Waals surface area contributed by atoms with E-state index in [-0.39, 0.29) is 5.56 Å². The van der Waals surface area contributed by atoms with Crippen LogP contribution in [0.15, 0.2) is 40.5 Å². The van der Waals surface area contributed by atoms with Gasteiger partial charge in [-0.25, -0.2) is 4.98 Å². The maximum atomic E-state index is 12.6. The largest absolute Gasteiger partial charge is 0.497 e. The third kappa shape index (κ3) is 2.83. The van der Waals surface area contributed by atoms with Gasteiger partial charge in [0, 0.05) is 32.6 Å². The molecule has 1 aliphatic rings. The lowest BCUT2D eigenvalue weighted by Gasteiger charge is -2.19. The number of aromatic nitrogens is 2. The van der Waals surface area contributed by atoms with Gasteiger partial charge in [-0.15, -0.1) is 11.3 Å². The molecule has 0 amide bonds.